The van der Waals surface area contributed by atoms with Crippen molar-refractivity contribution in [1.82, 2.24) is 0 Å². The van der Waals surface area contributed by atoms with Gasteiger partial charge in [-0.05, 0) is 24.3 Å². The average molecular weight is 234 g/mol. The molecular weight excluding hydrogens is 212 g/mol. The zero-order valence-corrected chi connectivity index (χ0v) is 10.9. The van der Waals surface area contributed by atoms with Crippen LogP contribution in [0.4, 0.5) is 11.4 Å². The minimum absolute atomic E-state index is 0.412. The normalized spacial score (nSPS) is 21.0. The molecule has 0 amide bonds. The molecule has 1 atom stereocenters. The highest BCUT2D eigenvalue weighted by Gasteiger charge is 2.45. The molecule has 0 bridgehead atoms. The number of nitrogens with one attached hydrogen (secondary N) is 1. The van der Waals surface area contributed by atoms with Crippen LogP contribution in [-0.2, 0) is 0 Å². The summed E-state index contributed by atoms with van der Waals surface area (Å²) in [7, 11) is 0. The van der Waals surface area contributed by atoms with Gasteiger partial charge in [-0.15, -0.1) is 0 Å². The van der Waals surface area contributed by atoms with Gasteiger partial charge in [0.05, 0.1) is 6.61 Å². The summed E-state index contributed by atoms with van der Waals surface area (Å²) in [5, 5.41) is 3.50. The Kier molecular flexibility index (Phi) is 3.18. The molecule has 1 fully saturated rings. The van der Waals surface area contributed by atoms with E-state index in [1.807, 2.05) is 18.2 Å². The first-order valence-corrected chi connectivity index (χ1v) is 6.31. The van der Waals surface area contributed by atoms with Crippen LogP contribution in [0.1, 0.15) is 33.6 Å². The minimum atomic E-state index is 0.412. The second-order valence-electron chi connectivity index (χ2n) is 5.53. The van der Waals surface area contributed by atoms with Crippen molar-refractivity contribution in [2.45, 2.75) is 39.7 Å². The molecule has 0 heterocycles. The van der Waals surface area contributed by atoms with Crippen LogP contribution in [0.5, 0.6) is 5.75 Å². The highest BCUT2D eigenvalue weighted by atomic mass is 16.5. The number of ether oxygens (including phenoxy) is 1. The van der Waals surface area contributed by atoms with E-state index in [0.29, 0.717) is 11.5 Å². The van der Waals surface area contributed by atoms with Gasteiger partial charge in [-0.3, -0.25) is 0 Å². The third-order valence-corrected chi connectivity index (χ3v) is 3.26. The van der Waals surface area contributed by atoms with Crippen LogP contribution < -0.4 is 15.8 Å². The number of nitrogen functional groups attached to an aromatic ring is 1. The van der Waals surface area contributed by atoms with Crippen molar-refractivity contribution >= 4 is 11.4 Å². The third-order valence-electron chi connectivity index (χ3n) is 3.26. The summed E-state index contributed by atoms with van der Waals surface area (Å²) in [6.45, 7) is 7.37. The van der Waals surface area contributed by atoms with E-state index in [9.17, 15) is 0 Å². The lowest BCUT2D eigenvalue weighted by molar-refractivity contribution is 0.318. The summed E-state index contributed by atoms with van der Waals surface area (Å²) < 4.78 is 5.61. The molecule has 1 unspecified atom stereocenters. The lowest BCUT2D eigenvalue weighted by Crippen LogP contribution is -2.09. The second kappa shape index (κ2) is 4.47. The smallest absolute Gasteiger partial charge is 0.123 e. The molecule has 1 aliphatic carbocycles. The molecule has 0 aliphatic heterocycles. The first-order chi connectivity index (χ1) is 8.01. The SMILES string of the molecule is CCCOc1cc(N)cc(NC2CC2(C)C)c1. The Hall–Kier alpha value is -1.38. The predicted molar refractivity (Wildman–Crippen MR) is 72.4 cm³/mol. The lowest BCUT2D eigenvalue weighted by Gasteiger charge is -2.12. The third kappa shape index (κ3) is 3.05. The molecule has 0 aromatic heterocycles. The topological polar surface area (TPSA) is 47.3 Å². The zero-order valence-electron chi connectivity index (χ0n) is 10.9. The van der Waals surface area contributed by atoms with Crippen LogP contribution in [0.2, 0.25) is 0 Å². The monoisotopic (exact) mass is 234 g/mol. The average Bonchev–Trinajstić information content (AvgIpc) is 2.82. The highest BCUT2D eigenvalue weighted by Crippen LogP contribution is 2.46. The van der Waals surface area contributed by atoms with Crippen molar-refractivity contribution in [3.05, 3.63) is 18.2 Å². The highest BCUT2D eigenvalue weighted by molar-refractivity contribution is 5.60. The molecular formula is C14H22N2O. The van der Waals surface area contributed by atoms with E-state index in [4.69, 9.17) is 10.5 Å². The van der Waals surface area contributed by atoms with E-state index in [2.05, 4.69) is 26.1 Å². The molecule has 1 aromatic rings. The summed E-state index contributed by atoms with van der Waals surface area (Å²) in [4.78, 5) is 0. The van der Waals surface area contributed by atoms with Gasteiger partial charge in [-0.1, -0.05) is 20.8 Å². The molecule has 17 heavy (non-hydrogen) atoms. The quantitative estimate of drug-likeness (QED) is 0.769. The van der Waals surface area contributed by atoms with E-state index in [1.54, 1.807) is 0 Å². The van der Waals surface area contributed by atoms with Crippen molar-refractivity contribution in [1.29, 1.82) is 0 Å². The number of rotatable bonds is 5. The number of hydrogen-bond acceptors (Lipinski definition) is 3. The molecule has 2 rings (SSSR count). The van der Waals surface area contributed by atoms with E-state index in [-0.39, 0.29) is 0 Å². The van der Waals surface area contributed by atoms with E-state index >= 15 is 0 Å². The fraction of sp³-hybridized carbons (Fsp3) is 0.571. The summed E-state index contributed by atoms with van der Waals surface area (Å²) in [5.74, 6) is 0.854. The van der Waals surface area contributed by atoms with Gasteiger partial charge in [0.25, 0.3) is 0 Å². The van der Waals surface area contributed by atoms with Gasteiger partial charge in [0, 0.05) is 29.5 Å². The van der Waals surface area contributed by atoms with Crippen molar-refractivity contribution in [2.75, 3.05) is 17.7 Å². The Bertz CT molecular complexity index is 401. The molecule has 1 aromatic carbocycles. The standard InChI is InChI=1S/C14H22N2O/c1-4-5-17-12-7-10(15)6-11(8-12)16-13-9-14(13,2)3/h6-8,13,16H,4-5,9,15H2,1-3H3. The second-order valence-corrected chi connectivity index (χ2v) is 5.53. The summed E-state index contributed by atoms with van der Waals surface area (Å²) >= 11 is 0. The number of hydrogen-bond donors (Lipinski definition) is 2. The molecule has 94 valence electrons. The molecule has 0 spiro atoms. The summed E-state index contributed by atoms with van der Waals surface area (Å²) in [5.41, 5.74) is 8.10. The fourth-order valence-electron chi connectivity index (χ4n) is 1.92. The van der Waals surface area contributed by atoms with Crippen molar-refractivity contribution in [3.63, 3.8) is 0 Å². The Morgan fingerprint density at radius 3 is 2.71 bits per heavy atom. The van der Waals surface area contributed by atoms with Gasteiger partial charge < -0.3 is 15.8 Å². The van der Waals surface area contributed by atoms with Gasteiger partial charge in [-0.2, -0.15) is 0 Å². The Labute approximate surface area is 103 Å². The molecule has 0 radical (unpaired) electrons. The van der Waals surface area contributed by atoms with Crippen LogP contribution in [0.3, 0.4) is 0 Å². The maximum absolute atomic E-state index is 5.87. The van der Waals surface area contributed by atoms with Crippen LogP contribution in [0, 0.1) is 5.41 Å². The summed E-state index contributed by atoms with van der Waals surface area (Å²) in [6, 6.07) is 6.43. The largest absolute Gasteiger partial charge is 0.493 e. The van der Waals surface area contributed by atoms with Crippen LogP contribution >= 0.6 is 0 Å². The van der Waals surface area contributed by atoms with E-state index < -0.39 is 0 Å². The summed E-state index contributed by atoms with van der Waals surface area (Å²) in [6.07, 6.45) is 2.22. The van der Waals surface area contributed by atoms with Crippen LogP contribution in [-0.4, -0.2) is 12.6 Å². The van der Waals surface area contributed by atoms with E-state index in [1.165, 1.54) is 6.42 Å². The molecule has 3 heteroatoms. The maximum atomic E-state index is 5.87. The van der Waals surface area contributed by atoms with Gasteiger partial charge >= 0.3 is 0 Å². The van der Waals surface area contributed by atoms with Crippen LogP contribution in [0.25, 0.3) is 0 Å². The van der Waals surface area contributed by atoms with Gasteiger partial charge in [0.2, 0.25) is 0 Å². The molecule has 0 saturated heterocycles. The zero-order chi connectivity index (χ0) is 12.5. The Morgan fingerprint density at radius 2 is 2.12 bits per heavy atom. The van der Waals surface area contributed by atoms with Crippen LogP contribution in [0.15, 0.2) is 18.2 Å². The lowest BCUT2D eigenvalue weighted by atomic mass is 10.2. The van der Waals surface area contributed by atoms with E-state index in [0.717, 1.165) is 30.2 Å². The molecule has 3 N–H and O–H groups in total. The van der Waals surface area contributed by atoms with Crippen molar-refractivity contribution < 1.29 is 4.74 Å². The predicted octanol–water partition coefficient (Wildman–Crippen LogP) is 3.27. The van der Waals surface area contributed by atoms with Gasteiger partial charge in [0.15, 0.2) is 0 Å². The van der Waals surface area contributed by atoms with Crippen molar-refractivity contribution in [2.24, 2.45) is 5.41 Å². The van der Waals surface area contributed by atoms with Crippen molar-refractivity contribution in [3.8, 4) is 5.75 Å². The number of anilines is 2. The number of nitrogens with two attached hydrogens (primary N) is 1. The minimum Gasteiger partial charge on any atom is -0.493 e. The molecule has 1 saturated carbocycles. The first kappa shape index (κ1) is 12.1. The van der Waals surface area contributed by atoms with Gasteiger partial charge in [-0.25, -0.2) is 0 Å². The first-order valence-electron chi connectivity index (χ1n) is 6.31. The number of benzene rings is 1. The van der Waals surface area contributed by atoms with Gasteiger partial charge in [0.1, 0.15) is 5.75 Å². The Balaban J connectivity index is 2.04. The molecule has 1 aliphatic rings. The molecule has 3 nitrogen and oxygen atoms in total. The maximum Gasteiger partial charge on any atom is 0.123 e. The Morgan fingerprint density at radius 1 is 1.41 bits per heavy atom. The fourth-order valence-corrected chi connectivity index (χ4v) is 1.92.